The summed E-state index contributed by atoms with van der Waals surface area (Å²) < 4.78 is 44.6. The Morgan fingerprint density at radius 2 is 2.00 bits per heavy atom. The van der Waals surface area contributed by atoms with Crippen molar-refractivity contribution in [2.75, 3.05) is 32.2 Å². The van der Waals surface area contributed by atoms with Crippen LogP contribution >= 0.6 is 0 Å². The summed E-state index contributed by atoms with van der Waals surface area (Å²) in [6.45, 7) is 2.80. The fourth-order valence-corrected chi connectivity index (χ4v) is 2.21. The van der Waals surface area contributed by atoms with Gasteiger partial charge in [0.1, 0.15) is 0 Å². The van der Waals surface area contributed by atoms with Gasteiger partial charge in [-0.1, -0.05) is 6.07 Å². The molecule has 0 aliphatic rings. The van der Waals surface area contributed by atoms with Crippen LogP contribution in [0.4, 0.5) is 18.9 Å². The van der Waals surface area contributed by atoms with Crippen LogP contribution in [-0.4, -0.2) is 33.4 Å². The first-order chi connectivity index (χ1) is 9.75. The summed E-state index contributed by atoms with van der Waals surface area (Å²) in [4.78, 5) is 1.61. The monoisotopic (exact) mass is 304 g/mol. The van der Waals surface area contributed by atoms with E-state index in [2.05, 4.69) is 0 Å². The fourth-order valence-electron chi connectivity index (χ4n) is 2.21. The Balaban J connectivity index is 3.02. The number of hydrogen-bond donors (Lipinski definition) is 1. The molecule has 0 amide bonds. The summed E-state index contributed by atoms with van der Waals surface area (Å²) >= 11 is 0. The number of methoxy groups -OCH3 is 1. The summed E-state index contributed by atoms with van der Waals surface area (Å²) in [5.41, 5.74) is 5.84. The van der Waals surface area contributed by atoms with E-state index in [0.717, 1.165) is 0 Å². The van der Waals surface area contributed by atoms with Crippen molar-refractivity contribution in [1.82, 2.24) is 0 Å². The van der Waals surface area contributed by atoms with Gasteiger partial charge in [0.05, 0.1) is 5.56 Å². The van der Waals surface area contributed by atoms with Crippen LogP contribution in [0.1, 0.15) is 24.5 Å². The van der Waals surface area contributed by atoms with Gasteiger partial charge in [-0.05, 0) is 37.5 Å². The van der Waals surface area contributed by atoms with Crippen LogP contribution in [0, 0.1) is 0 Å². The smallest absolute Gasteiger partial charge is 0.385 e. The van der Waals surface area contributed by atoms with Crippen LogP contribution in [0.15, 0.2) is 18.2 Å². The molecule has 120 valence electrons. The average Bonchev–Trinajstić information content (AvgIpc) is 2.37. The lowest BCUT2D eigenvalue weighted by atomic mass is 10.0. The molecule has 0 heterocycles. The number of rotatable bonds is 7. The molecule has 1 rings (SSSR count). The van der Waals surface area contributed by atoms with Crippen molar-refractivity contribution < 1.29 is 17.9 Å². The minimum Gasteiger partial charge on any atom is -0.385 e. The van der Waals surface area contributed by atoms with Gasteiger partial charge in [0.2, 0.25) is 0 Å². The first-order valence-electron chi connectivity index (χ1n) is 6.91. The van der Waals surface area contributed by atoms with Crippen LogP contribution in [0.3, 0.4) is 0 Å². The van der Waals surface area contributed by atoms with Gasteiger partial charge < -0.3 is 15.4 Å². The Morgan fingerprint density at radius 3 is 2.52 bits per heavy atom. The molecule has 0 aliphatic carbocycles. The number of nitrogens with two attached hydrogens (primary N) is 1. The summed E-state index contributed by atoms with van der Waals surface area (Å²) in [5.74, 6) is 0. The molecule has 0 spiro atoms. The predicted molar refractivity (Wildman–Crippen MR) is 78.6 cm³/mol. The molecule has 2 N–H and O–H groups in total. The zero-order valence-electron chi connectivity index (χ0n) is 12.7. The number of halogens is 3. The van der Waals surface area contributed by atoms with Crippen LogP contribution in [0.5, 0.6) is 0 Å². The highest BCUT2D eigenvalue weighted by Gasteiger charge is 2.34. The molecule has 1 unspecified atom stereocenters. The van der Waals surface area contributed by atoms with Gasteiger partial charge in [-0.15, -0.1) is 0 Å². The van der Waals surface area contributed by atoms with Crippen LogP contribution in [0.25, 0.3) is 0 Å². The second-order valence-electron chi connectivity index (χ2n) is 5.30. The second kappa shape index (κ2) is 7.66. The fraction of sp³-hybridized carbons (Fsp3) is 0.600. The highest BCUT2D eigenvalue weighted by atomic mass is 19.4. The van der Waals surface area contributed by atoms with E-state index < -0.39 is 11.7 Å². The number of alkyl halides is 3. The first kappa shape index (κ1) is 17.8. The van der Waals surface area contributed by atoms with Crippen molar-refractivity contribution in [3.63, 3.8) is 0 Å². The zero-order valence-corrected chi connectivity index (χ0v) is 12.7. The van der Waals surface area contributed by atoms with Crippen LogP contribution in [-0.2, 0) is 17.3 Å². The van der Waals surface area contributed by atoms with Crippen molar-refractivity contribution in [3.05, 3.63) is 29.3 Å². The lowest BCUT2D eigenvalue weighted by Crippen LogP contribution is -2.24. The van der Waals surface area contributed by atoms with Gasteiger partial charge in [-0.2, -0.15) is 13.2 Å². The zero-order chi connectivity index (χ0) is 16.0. The Bertz CT molecular complexity index is 447. The number of ether oxygens (including phenoxy) is 1. The highest BCUT2D eigenvalue weighted by molar-refractivity contribution is 5.56. The van der Waals surface area contributed by atoms with Crippen LogP contribution < -0.4 is 10.6 Å². The molecule has 0 bridgehead atoms. The maximum atomic E-state index is 13.2. The molecule has 3 nitrogen and oxygen atoms in total. The maximum Gasteiger partial charge on any atom is 0.418 e. The number of hydrogen-bond acceptors (Lipinski definition) is 3. The molecule has 1 aromatic carbocycles. The summed E-state index contributed by atoms with van der Waals surface area (Å²) in [6, 6.07) is 4.26. The molecule has 0 aromatic heterocycles. The summed E-state index contributed by atoms with van der Waals surface area (Å²) in [5, 5.41) is 0. The maximum absolute atomic E-state index is 13.2. The van der Waals surface area contributed by atoms with Crippen LogP contribution in [0.2, 0.25) is 0 Å². The molecule has 1 aromatic rings. The molecular formula is C15H23F3N2O. The largest absolute Gasteiger partial charge is 0.418 e. The van der Waals surface area contributed by atoms with E-state index in [9.17, 15) is 13.2 Å². The third kappa shape index (κ3) is 5.55. The van der Waals surface area contributed by atoms with E-state index in [-0.39, 0.29) is 11.7 Å². The Kier molecular flexibility index (Phi) is 6.48. The van der Waals surface area contributed by atoms with E-state index >= 15 is 0 Å². The van der Waals surface area contributed by atoms with E-state index in [4.69, 9.17) is 10.5 Å². The second-order valence-corrected chi connectivity index (χ2v) is 5.30. The summed E-state index contributed by atoms with van der Waals surface area (Å²) in [7, 11) is 3.23. The normalized spacial score (nSPS) is 13.3. The van der Waals surface area contributed by atoms with E-state index in [0.29, 0.717) is 31.6 Å². The summed E-state index contributed by atoms with van der Waals surface area (Å²) in [6.07, 6.45) is -3.28. The van der Waals surface area contributed by atoms with Gasteiger partial charge in [0.15, 0.2) is 0 Å². The molecule has 21 heavy (non-hydrogen) atoms. The van der Waals surface area contributed by atoms with Crippen molar-refractivity contribution >= 4 is 5.69 Å². The molecule has 6 heteroatoms. The molecule has 0 saturated heterocycles. The van der Waals surface area contributed by atoms with Crippen molar-refractivity contribution in [1.29, 1.82) is 0 Å². The third-order valence-corrected chi connectivity index (χ3v) is 3.18. The van der Waals surface area contributed by atoms with Gasteiger partial charge in [0, 0.05) is 39.0 Å². The SMILES string of the molecule is COCCCN(C)c1ccc(CC(C)N)cc1C(F)(F)F. The molecule has 0 saturated carbocycles. The standard InChI is InChI=1S/C15H23F3N2O/c1-11(19)9-12-5-6-14(13(10-12)15(16,17)18)20(2)7-4-8-21-3/h5-6,10-11H,4,7-9,19H2,1-3H3. The van der Waals surface area contributed by atoms with E-state index in [1.807, 2.05) is 0 Å². The van der Waals surface area contributed by atoms with Gasteiger partial charge in [0.25, 0.3) is 0 Å². The Labute approximate surface area is 123 Å². The predicted octanol–water partition coefficient (Wildman–Crippen LogP) is 3.07. The van der Waals surface area contributed by atoms with Gasteiger partial charge in [-0.3, -0.25) is 0 Å². The lowest BCUT2D eigenvalue weighted by molar-refractivity contribution is -0.137. The topological polar surface area (TPSA) is 38.5 Å². The Morgan fingerprint density at radius 1 is 1.33 bits per heavy atom. The quantitative estimate of drug-likeness (QED) is 0.787. The molecule has 1 atom stereocenters. The number of benzene rings is 1. The van der Waals surface area contributed by atoms with Crippen molar-refractivity contribution in [2.45, 2.75) is 32.0 Å². The van der Waals surface area contributed by atoms with Gasteiger partial charge in [-0.25, -0.2) is 0 Å². The van der Waals surface area contributed by atoms with Crippen molar-refractivity contribution in [3.8, 4) is 0 Å². The highest BCUT2D eigenvalue weighted by Crippen LogP contribution is 2.37. The Hall–Kier alpha value is -1.27. The van der Waals surface area contributed by atoms with Crippen molar-refractivity contribution in [2.24, 2.45) is 5.73 Å². The minimum absolute atomic E-state index is 0.170. The minimum atomic E-state index is -4.38. The molecule has 0 fully saturated rings. The number of nitrogens with zero attached hydrogens (tertiary/aromatic N) is 1. The third-order valence-electron chi connectivity index (χ3n) is 3.18. The first-order valence-corrected chi connectivity index (χ1v) is 6.91. The van der Waals surface area contributed by atoms with Gasteiger partial charge >= 0.3 is 6.18 Å². The molecular weight excluding hydrogens is 281 g/mol. The van der Waals surface area contributed by atoms with E-state index in [1.165, 1.54) is 12.1 Å². The molecule has 0 radical (unpaired) electrons. The number of anilines is 1. The average molecular weight is 304 g/mol. The molecule has 0 aliphatic heterocycles. The lowest BCUT2D eigenvalue weighted by Gasteiger charge is -2.24. The van der Waals surface area contributed by atoms with E-state index in [1.54, 1.807) is 32.0 Å².